The lowest BCUT2D eigenvalue weighted by Gasteiger charge is -2.21. The zero-order valence-electron chi connectivity index (χ0n) is 17.2. The lowest BCUT2D eigenvalue weighted by atomic mass is 10.1. The monoisotopic (exact) mass is 494 g/mol. The van der Waals surface area contributed by atoms with Crippen LogP contribution in [0, 0.1) is 0 Å². The van der Waals surface area contributed by atoms with Gasteiger partial charge in [-0.2, -0.15) is 0 Å². The molecule has 0 saturated carbocycles. The standard InChI is InChI=1S/C25H19BrO6/c1-28-19-4-2-15(3-5-19)8-23-24(27)21-7-6-20(11-22(21)32-23)30-13-17-10-18(26)9-16-12-29-14-31-25(16)17/h2-11H,12-14H2,1H3/b23-8-. The van der Waals surface area contributed by atoms with Gasteiger partial charge in [-0.1, -0.05) is 28.1 Å². The molecule has 0 atom stereocenters. The quantitative estimate of drug-likeness (QED) is 0.435. The molecule has 0 spiro atoms. The molecule has 0 bridgehead atoms. The highest BCUT2D eigenvalue weighted by molar-refractivity contribution is 9.10. The fourth-order valence-corrected chi connectivity index (χ4v) is 4.19. The molecule has 0 aromatic heterocycles. The molecule has 0 saturated heterocycles. The molecule has 7 heteroatoms. The summed E-state index contributed by atoms with van der Waals surface area (Å²) in [6.07, 6.45) is 1.72. The Kier molecular flexibility index (Phi) is 5.59. The molecule has 0 radical (unpaired) electrons. The minimum absolute atomic E-state index is 0.156. The molecule has 32 heavy (non-hydrogen) atoms. The Morgan fingerprint density at radius 3 is 2.69 bits per heavy atom. The predicted octanol–water partition coefficient (Wildman–Crippen LogP) is 5.52. The van der Waals surface area contributed by atoms with E-state index in [1.165, 1.54) is 0 Å². The molecule has 2 aliphatic heterocycles. The fourth-order valence-electron chi connectivity index (χ4n) is 3.63. The normalized spacial score (nSPS) is 15.6. The number of ether oxygens (including phenoxy) is 5. The highest BCUT2D eigenvalue weighted by atomic mass is 79.9. The summed E-state index contributed by atoms with van der Waals surface area (Å²) in [5.41, 5.74) is 3.25. The topological polar surface area (TPSA) is 63.2 Å². The summed E-state index contributed by atoms with van der Waals surface area (Å²) < 4.78 is 28.9. The molecule has 0 N–H and O–H groups in total. The third-order valence-corrected chi connectivity index (χ3v) is 5.66. The maximum Gasteiger partial charge on any atom is 0.231 e. The first-order valence-electron chi connectivity index (χ1n) is 9.98. The summed E-state index contributed by atoms with van der Waals surface area (Å²) in [4.78, 5) is 12.7. The van der Waals surface area contributed by atoms with Crippen molar-refractivity contribution in [2.45, 2.75) is 13.2 Å². The van der Waals surface area contributed by atoms with Crippen molar-refractivity contribution in [1.82, 2.24) is 0 Å². The molecule has 2 aliphatic rings. The van der Waals surface area contributed by atoms with Crippen LogP contribution in [0.5, 0.6) is 23.0 Å². The first kappa shape index (κ1) is 20.6. The number of carbonyl (C=O) groups excluding carboxylic acids is 1. The van der Waals surface area contributed by atoms with Crippen LogP contribution in [0.3, 0.4) is 0 Å². The summed E-state index contributed by atoms with van der Waals surface area (Å²) >= 11 is 3.52. The summed E-state index contributed by atoms with van der Waals surface area (Å²) in [6, 6.07) is 16.6. The van der Waals surface area contributed by atoms with Crippen LogP contribution >= 0.6 is 15.9 Å². The predicted molar refractivity (Wildman–Crippen MR) is 121 cm³/mol. The molecule has 3 aromatic rings. The van der Waals surface area contributed by atoms with Crippen molar-refractivity contribution >= 4 is 27.8 Å². The molecule has 0 fully saturated rings. The minimum atomic E-state index is -0.156. The van der Waals surface area contributed by atoms with Gasteiger partial charge in [0.1, 0.15) is 29.6 Å². The van der Waals surface area contributed by atoms with Crippen molar-refractivity contribution in [3.8, 4) is 23.0 Å². The molecule has 162 valence electrons. The highest BCUT2D eigenvalue weighted by Gasteiger charge is 2.28. The van der Waals surface area contributed by atoms with Crippen LogP contribution in [0.4, 0.5) is 0 Å². The van der Waals surface area contributed by atoms with E-state index in [2.05, 4.69) is 15.9 Å². The first-order valence-corrected chi connectivity index (χ1v) is 10.8. The molecule has 0 unspecified atom stereocenters. The van der Waals surface area contributed by atoms with Gasteiger partial charge in [-0.15, -0.1) is 0 Å². The maximum atomic E-state index is 12.7. The fraction of sp³-hybridized carbons (Fsp3) is 0.160. The lowest BCUT2D eigenvalue weighted by molar-refractivity contribution is -0.0176. The number of Topliss-reactive ketones (excluding diaryl/α,β-unsaturated/α-hetero) is 1. The lowest BCUT2D eigenvalue weighted by Crippen LogP contribution is -2.14. The van der Waals surface area contributed by atoms with Crippen LogP contribution in [0.2, 0.25) is 0 Å². The maximum absolute atomic E-state index is 12.7. The van der Waals surface area contributed by atoms with Crippen LogP contribution in [0.1, 0.15) is 27.0 Å². The molecule has 5 rings (SSSR count). The van der Waals surface area contributed by atoms with Crippen LogP contribution in [-0.2, 0) is 18.0 Å². The van der Waals surface area contributed by atoms with Crippen molar-refractivity contribution in [2.75, 3.05) is 13.9 Å². The van der Waals surface area contributed by atoms with E-state index in [1.807, 2.05) is 36.4 Å². The van der Waals surface area contributed by atoms with E-state index in [-0.39, 0.29) is 18.3 Å². The largest absolute Gasteiger partial charge is 0.497 e. The van der Waals surface area contributed by atoms with Gasteiger partial charge in [0, 0.05) is 21.7 Å². The van der Waals surface area contributed by atoms with E-state index in [0.717, 1.165) is 32.7 Å². The zero-order chi connectivity index (χ0) is 22.1. The van der Waals surface area contributed by atoms with Crippen LogP contribution in [0.25, 0.3) is 6.08 Å². The third kappa shape index (κ3) is 4.09. The molecule has 6 nitrogen and oxygen atoms in total. The van der Waals surface area contributed by atoms with Crippen LogP contribution < -0.4 is 18.9 Å². The molecule has 0 amide bonds. The number of halogens is 1. The first-order chi connectivity index (χ1) is 15.6. The van der Waals surface area contributed by atoms with E-state index in [0.29, 0.717) is 30.3 Å². The van der Waals surface area contributed by atoms with Crippen LogP contribution in [-0.4, -0.2) is 19.7 Å². The van der Waals surface area contributed by atoms with Crippen molar-refractivity contribution in [3.05, 3.63) is 87.1 Å². The minimum Gasteiger partial charge on any atom is -0.497 e. The molecular weight excluding hydrogens is 476 g/mol. The van der Waals surface area contributed by atoms with Gasteiger partial charge in [-0.05, 0) is 48.0 Å². The van der Waals surface area contributed by atoms with Gasteiger partial charge in [0.25, 0.3) is 0 Å². The number of rotatable bonds is 5. The Morgan fingerprint density at radius 1 is 1.06 bits per heavy atom. The molecule has 3 aromatic carbocycles. The van der Waals surface area contributed by atoms with Gasteiger partial charge in [-0.25, -0.2) is 0 Å². The van der Waals surface area contributed by atoms with E-state index < -0.39 is 0 Å². The number of methoxy groups -OCH3 is 1. The van der Waals surface area contributed by atoms with Crippen molar-refractivity contribution < 1.29 is 28.5 Å². The SMILES string of the molecule is COc1ccc(/C=C2\Oc3cc(OCc4cc(Br)cc5c4OCOC5)ccc3C2=O)cc1. The number of hydrogen-bond donors (Lipinski definition) is 0. The Hall–Kier alpha value is -3.29. The second kappa shape index (κ2) is 8.68. The van der Waals surface area contributed by atoms with Gasteiger partial charge >= 0.3 is 0 Å². The number of fused-ring (bicyclic) bond motifs is 2. The highest BCUT2D eigenvalue weighted by Crippen LogP contribution is 2.36. The van der Waals surface area contributed by atoms with Gasteiger partial charge in [0.05, 0.1) is 19.3 Å². The Balaban J connectivity index is 1.33. The van der Waals surface area contributed by atoms with Crippen molar-refractivity contribution in [3.63, 3.8) is 0 Å². The average molecular weight is 495 g/mol. The number of allylic oxidation sites excluding steroid dienone is 1. The molecule has 0 aliphatic carbocycles. The average Bonchev–Trinajstić information content (AvgIpc) is 3.12. The van der Waals surface area contributed by atoms with Gasteiger partial charge in [-0.3, -0.25) is 4.79 Å². The van der Waals surface area contributed by atoms with Gasteiger partial charge < -0.3 is 23.7 Å². The molecule has 2 heterocycles. The van der Waals surface area contributed by atoms with Crippen molar-refractivity contribution in [2.24, 2.45) is 0 Å². The van der Waals surface area contributed by atoms with Crippen LogP contribution in [0.15, 0.2) is 64.8 Å². The Labute approximate surface area is 193 Å². The summed E-state index contributed by atoms with van der Waals surface area (Å²) in [7, 11) is 1.61. The number of ketones is 1. The second-order valence-electron chi connectivity index (χ2n) is 7.32. The van der Waals surface area contributed by atoms with E-state index in [1.54, 1.807) is 31.4 Å². The number of carbonyl (C=O) groups is 1. The Bertz CT molecular complexity index is 1220. The third-order valence-electron chi connectivity index (χ3n) is 5.20. The number of benzene rings is 3. The summed E-state index contributed by atoms with van der Waals surface area (Å²) in [5, 5.41) is 0. The smallest absolute Gasteiger partial charge is 0.231 e. The Morgan fingerprint density at radius 2 is 1.88 bits per heavy atom. The second-order valence-corrected chi connectivity index (χ2v) is 8.24. The van der Waals surface area contributed by atoms with Crippen molar-refractivity contribution in [1.29, 1.82) is 0 Å². The van der Waals surface area contributed by atoms with E-state index in [9.17, 15) is 4.79 Å². The van der Waals surface area contributed by atoms with Gasteiger partial charge in [0.15, 0.2) is 12.6 Å². The van der Waals surface area contributed by atoms with E-state index in [4.69, 9.17) is 23.7 Å². The zero-order valence-corrected chi connectivity index (χ0v) is 18.8. The summed E-state index contributed by atoms with van der Waals surface area (Å²) in [6.45, 7) is 1.03. The number of hydrogen-bond acceptors (Lipinski definition) is 6. The summed E-state index contributed by atoms with van der Waals surface area (Å²) in [5.74, 6) is 2.74. The van der Waals surface area contributed by atoms with E-state index >= 15 is 0 Å². The van der Waals surface area contributed by atoms with Gasteiger partial charge in [0.2, 0.25) is 5.78 Å². The molecular formula is C25H19BrO6.